The summed E-state index contributed by atoms with van der Waals surface area (Å²) in [7, 11) is 0. The SMILES string of the molecule is CC(C)(C)Oc1c(C(=O)O)cccc1C(C)(C)C.[AlH3].[AlH3]. The summed E-state index contributed by atoms with van der Waals surface area (Å²) in [4.78, 5) is 11.3. The minimum Gasteiger partial charge on any atom is -0.487 e. The largest absolute Gasteiger partial charge is 0.487 e. The van der Waals surface area contributed by atoms with Gasteiger partial charge in [0, 0.05) is 5.56 Å². The molecular weight excluding hydrogens is 282 g/mol. The normalized spacial score (nSPS) is 11.1. The first-order valence-corrected chi connectivity index (χ1v) is 6.08. The Morgan fingerprint density at radius 2 is 1.55 bits per heavy atom. The van der Waals surface area contributed by atoms with E-state index in [9.17, 15) is 9.90 Å². The molecule has 0 amide bonds. The maximum Gasteiger partial charge on any atom is 0.339 e. The van der Waals surface area contributed by atoms with Crippen molar-refractivity contribution in [3.05, 3.63) is 29.3 Å². The number of carboxylic acid groups (broad SMARTS) is 1. The van der Waals surface area contributed by atoms with E-state index in [1.807, 2.05) is 47.6 Å². The summed E-state index contributed by atoms with van der Waals surface area (Å²) in [5.74, 6) is -0.481. The third-order valence-corrected chi connectivity index (χ3v) is 2.46. The highest BCUT2D eigenvalue weighted by molar-refractivity contribution is 5.91. The molecule has 0 aliphatic carbocycles. The highest BCUT2D eigenvalue weighted by atomic mass is 27.0. The Balaban J connectivity index is 0. The lowest BCUT2D eigenvalue weighted by molar-refractivity contribution is 0.0679. The molecule has 5 heteroatoms. The number of aromatic carboxylic acids is 1. The van der Waals surface area contributed by atoms with Crippen molar-refractivity contribution < 1.29 is 14.6 Å². The number of carbonyl (C=O) groups is 1. The molecule has 0 heterocycles. The number of hydrogen-bond acceptors (Lipinski definition) is 2. The number of benzene rings is 1. The summed E-state index contributed by atoms with van der Waals surface area (Å²) in [6.45, 7) is 11.9. The second kappa shape index (κ2) is 7.53. The zero-order valence-electron chi connectivity index (χ0n) is 12.0. The van der Waals surface area contributed by atoms with Crippen LogP contribution in [0.5, 0.6) is 5.75 Å². The maximum absolute atomic E-state index is 11.3. The topological polar surface area (TPSA) is 46.5 Å². The molecule has 0 unspecified atom stereocenters. The Labute approximate surface area is 143 Å². The molecule has 0 aliphatic heterocycles. The van der Waals surface area contributed by atoms with Crippen LogP contribution in [0.2, 0.25) is 0 Å². The first-order chi connectivity index (χ1) is 8.02. The van der Waals surface area contributed by atoms with Gasteiger partial charge in [0.05, 0.1) is 0 Å². The zero-order chi connectivity index (χ0) is 14.1. The van der Waals surface area contributed by atoms with E-state index < -0.39 is 11.6 Å². The van der Waals surface area contributed by atoms with Crippen molar-refractivity contribution in [2.45, 2.75) is 52.6 Å². The van der Waals surface area contributed by atoms with Crippen molar-refractivity contribution in [2.24, 2.45) is 0 Å². The van der Waals surface area contributed by atoms with Gasteiger partial charge in [0.15, 0.2) is 34.7 Å². The van der Waals surface area contributed by atoms with Crippen molar-refractivity contribution in [1.82, 2.24) is 0 Å². The Kier molecular flexibility index (Phi) is 8.23. The molecule has 0 aliphatic rings. The minimum absolute atomic E-state index is 0. The van der Waals surface area contributed by atoms with Gasteiger partial charge in [-0.25, -0.2) is 4.79 Å². The van der Waals surface area contributed by atoms with Gasteiger partial charge in [0.2, 0.25) is 0 Å². The predicted octanol–water partition coefficient (Wildman–Crippen LogP) is 1.49. The van der Waals surface area contributed by atoms with E-state index in [4.69, 9.17) is 4.74 Å². The summed E-state index contributed by atoms with van der Waals surface area (Å²) >= 11 is 0. The molecule has 0 bridgehead atoms. The van der Waals surface area contributed by atoms with Gasteiger partial charge < -0.3 is 9.84 Å². The Morgan fingerprint density at radius 3 is 1.90 bits per heavy atom. The molecule has 1 aromatic rings. The molecule has 0 radical (unpaired) electrons. The van der Waals surface area contributed by atoms with Gasteiger partial charge in [0.1, 0.15) is 16.9 Å². The van der Waals surface area contributed by atoms with E-state index in [0.717, 1.165) is 5.56 Å². The summed E-state index contributed by atoms with van der Waals surface area (Å²) in [5.41, 5.74) is 0.548. The van der Waals surface area contributed by atoms with E-state index in [1.165, 1.54) is 0 Å². The van der Waals surface area contributed by atoms with Crippen LogP contribution in [0.15, 0.2) is 18.2 Å². The number of ether oxygens (including phenoxy) is 1. The summed E-state index contributed by atoms with van der Waals surface area (Å²) < 4.78 is 5.87. The highest BCUT2D eigenvalue weighted by Crippen LogP contribution is 2.36. The minimum atomic E-state index is -0.958. The van der Waals surface area contributed by atoms with Crippen LogP contribution in [0.3, 0.4) is 0 Å². The fourth-order valence-corrected chi connectivity index (χ4v) is 1.71. The molecule has 1 aromatic carbocycles. The fourth-order valence-electron chi connectivity index (χ4n) is 1.71. The molecule has 0 aromatic heterocycles. The quantitative estimate of drug-likeness (QED) is 0.842. The number of hydrogen-bond donors (Lipinski definition) is 1. The zero-order valence-corrected chi connectivity index (χ0v) is 12.0. The van der Waals surface area contributed by atoms with E-state index in [1.54, 1.807) is 12.1 Å². The molecule has 0 spiro atoms. The predicted molar refractivity (Wildman–Crippen MR) is 92.4 cm³/mol. The smallest absolute Gasteiger partial charge is 0.339 e. The van der Waals surface area contributed by atoms with E-state index in [2.05, 4.69) is 0 Å². The van der Waals surface area contributed by atoms with Crippen LogP contribution >= 0.6 is 0 Å². The standard InChI is InChI=1S/C15H22O3.2Al.6H/c1-14(2,3)11-9-7-8-10(13(16)17)12(11)18-15(4,5)6;;;;;;;;/h7-9H,1-6H3,(H,16,17);;;;;;;;. The van der Waals surface area contributed by atoms with Gasteiger partial charge in [-0.05, 0) is 32.3 Å². The van der Waals surface area contributed by atoms with Gasteiger partial charge in [0.25, 0.3) is 0 Å². The third kappa shape index (κ3) is 5.90. The molecule has 1 N–H and O–H groups in total. The molecule has 0 saturated heterocycles. The number of para-hydroxylation sites is 1. The van der Waals surface area contributed by atoms with Crippen molar-refractivity contribution in [3.63, 3.8) is 0 Å². The van der Waals surface area contributed by atoms with E-state index >= 15 is 0 Å². The average molecular weight is 310 g/mol. The fraction of sp³-hybridized carbons (Fsp3) is 0.533. The lowest BCUT2D eigenvalue weighted by Gasteiger charge is -2.29. The van der Waals surface area contributed by atoms with Crippen LogP contribution in [-0.2, 0) is 5.41 Å². The van der Waals surface area contributed by atoms with Crippen LogP contribution in [0, 0.1) is 0 Å². The summed E-state index contributed by atoms with van der Waals surface area (Å²) in [6, 6.07) is 5.27. The molecule has 0 fully saturated rings. The lowest BCUT2D eigenvalue weighted by Crippen LogP contribution is -2.27. The van der Waals surface area contributed by atoms with Crippen LogP contribution in [-0.4, -0.2) is 51.4 Å². The van der Waals surface area contributed by atoms with E-state index in [0.29, 0.717) is 5.75 Å². The van der Waals surface area contributed by atoms with Gasteiger partial charge in [-0.3, -0.25) is 0 Å². The average Bonchev–Trinajstić information content (AvgIpc) is 2.13. The second-order valence-corrected chi connectivity index (χ2v) is 6.45. The monoisotopic (exact) mass is 310 g/mol. The molecule has 112 valence electrons. The molecule has 20 heavy (non-hydrogen) atoms. The first-order valence-electron chi connectivity index (χ1n) is 6.08. The van der Waals surface area contributed by atoms with Crippen LogP contribution < -0.4 is 4.74 Å². The number of rotatable bonds is 2. The number of carboxylic acids is 1. The first kappa shape index (κ1) is 21.8. The summed E-state index contributed by atoms with van der Waals surface area (Å²) in [6.07, 6.45) is 0. The second-order valence-electron chi connectivity index (χ2n) is 6.45. The van der Waals surface area contributed by atoms with Crippen molar-refractivity contribution in [3.8, 4) is 5.75 Å². The molecule has 0 saturated carbocycles. The van der Waals surface area contributed by atoms with Gasteiger partial charge >= 0.3 is 5.97 Å². The Morgan fingerprint density at radius 1 is 1.05 bits per heavy atom. The molecule has 1 rings (SSSR count). The molecular formula is C15H28Al2O3. The highest BCUT2D eigenvalue weighted by Gasteiger charge is 2.26. The van der Waals surface area contributed by atoms with Crippen LogP contribution in [0.25, 0.3) is 0 Å². The van der Waals surface area contributed by atoms with Crippen molar-refractivity contribution in [2.75, 3.05) is 0 Å². The van der Waals surface area contributed by atoms with Crippen molar-refractivity contribution >= 4 is 40.7 Å². The van der Waals surface area contributed by atoms with Crippen molar-refractivity contribution in [1.29, 1.82) is 0 Å². The Hall–Kier alpha value is -0.445. The molecule has 3 nitrogen and oxygen atoms in total. The van der Waals surface area contributed by atoms with Gasteiger partial charge in [-0.2, -0.15) is 0 Å². The van der Waals surface area contributed by atoms with Crippen LogP contribution in [0.4, 0.5) is 0 Å². The van der Waals surface area contributed by atoms with Gasteiger partial charge in [-0.1, -0.05) is 32.9 Å². The molecule has 0 atom stereocenters. The maximum atomic E-state index is 11.3. The third-order valence-electron chi connectivity index (χ3n) is 2.46. The van der Waals surface area contributed by atoms with Crippen LogP contribution in [0.1, 0.15) is 57.5 Å². The van der Waals surface area contributed by atoms with E-state index in [-0.39, 0.29) is 45.7 Å². The lowest BCUT2D eigenvalue weighted by atomic mass is 9.85. The Bertz CT molecular complexity index is 457. The summed E-state index contributed by atoms with van der Waals surface area (Å²) in [5, 5.41) is 9.27. The van der Waals surface area contributed by atoms with Gasteiger partial charge in [-0.15, -0.1) is 0 Å².